The molecule has 1 aromatic carbocycles. The number of alkyl halides is 3. The van der Waals surface area contributed by atoms with Gasteiger partial charge < -0.3 is 19.8 Å². The molecular weight excluding hydrogens is 369 g/mol. The Kier molecular flexibility index (Phi) is 5.48. The van der Waals surface area contributed by atoms with Gasteiger partial charge in [-0.05, 0) is 19.9 Å². The molecule has 0 saturated carbocycles. The number of carbonyl (C=O) groups excluding carboxylic acids is 3. The van der Waals surface area contributed by atoms with Crippen molar-refractivity contribution in [2.24, 2.45) is 0 Å². The van der Waals surface area contributed by atoms with Crippen LogP contribution in [-0.2, 0) is 29.4 Å². The molecule has 1 atom stereocenters. The Morgan fingerprint density at radius 3 is 2.37 bits per heavy atom. The zero-order valence-electron chi connectivity index (χ0n) is 14.7. The van der Waals surface area contributed by atoms with Crippen LogP contribution in [0.1, 0.15) is 18.2 Å². The number of nitrogens with one attached hydrogen (secondary N) is 2. The number of methoxy groups -OCH3 is 1. The molecule has 0 radical (unpaired) electrons. The highest BCUT2D eigenvalue weighted by Gasteiger charge is 2.66. The van der Waals surface area contributed by atoms with Gasteiger partial charge in [0.25, 0.3) is 5.54 Å². The van der Waals surface area contributed by atoms with Gasteiger partial charge in [-0.2, -0.15) is 13.2 Å². The molecule has 0 fully saturated rings. The molecule has 0 aliphatic carbocycles. The monoisotopic (exact) mass is 386 g/mol. The maximum Gasteiger partial charge on any atom is 0.426 e. The lowest BCUT2D eigenvalue weighted by Crippen LogP contribution is -2.63. The molecule has 2 N–H and O–H groups in total. The number of aryl methyl sites for hydroxylation is 1. The predicted molar refractivity (Wildman–Crippen MR) is 87.6 cm³/mol. The average molecular weight is 386 g/mol. The number of H-pyrrole nitrogens is 1. The highest BCUT2D eigenvalue weighted by Crippen LogP contribution is 2.44. The molecule has 146 valence electrons. The zero-order chi connectivity index (χ0) is 20.4. The number of ether oxygens (including phenoxy) is 2. The van der Waals surface area contributed by atoms with Crippen LogP contribution in [0.2, 0.25) is 0 Å². The highest BCUT2D eigenvalue weighted by atomic mass is 19.4. The van der Waals surface area contributed by atoms with Crippen molar-refractivity contribution in [2.45, 2.75) is 25.6 Å². The first-order valence-electron chi connectivity index (χ1n) is 7.82. The Bertz CT molecular complexity index is 890. The number of carbonyl (C=O) groups is 3. The minimum atomic E-state index is -5.32. The van der Waals surface area contributed by atoms with Crippen LogP contribution < -0.4 is 5.32 Å². The van der Waals surface area contributed by atoms with Gasteiger partial charge in [0.15, 0.2) is 0 Å². The second-order valence-corrected chi connectivity index (χ2v) is 5.58. The van der Waals surface area contributed by atoms with Crippen molar-refractivity contribution in [1.29, 1.82) is 0 Å². The molecule has 2 aromatic rings. The Morgan fingerprint density at radius 2 is 1.81 bits per heavy atom. The number of benzene rings is 1. The number of hydrogen-bond donors (Lipinski definition) is 2. The standard InChI is InChI=1S/C17H17F3N2O5/c1-4-27-14(24)13(23)22-16(15(25)26-3,17(18,19)20)12-9(2)21-11-8-6-5-7-10(11)12/h5-8,21H,4H2,1-3H3,(H,22,23). The highest BCUT2D eigenvalue weighted by molar-refractivity contribution is 6.33. The van der Waals surface area contributed by atoms with E-state index in [0.29, 0.717) is 5.52 Å². The van der Waals surface area contributed by atoms with E-state index in [4.69, 9.17) is 0 Å². The number of amides is 1. The van der Waals surface area contributed by atoms with Crippen LogP contribution in [0.25, 0.3) is 10.9 Å². The van der Waals surface area contributed by atoms with Gasteiger partial charge in [-0.1, -0.05) is 18.2 Å². The van der Waals surface area contributed by atoms with Crippen LogP contribution in [0.15, 0.2) is 24.3 Å². The molecule has 27 heavy (non-hydrogen) atoms. The van der Waals surface area contributed by atoms with Gasteiger partial charge in [0, 0.05) is 22.2 Å². The van der Waals surface area contributed by atoms with Crippen LogP contribution >= 0.6 is 0 Å². The van der Waals surface area contributed by atoms with Gasteiger partial charge in [0.2, 0.25) is 0 Å². The maximum absolute atomic E-state index is 14.2. The summed E-state index contributed by atoms with van der Waals surface area (Å²) in [5.74, 6) is -5.06. The topological polar surface area (TPSA) is 97.5 Å². The summed E-state index contributed by atoms with van der Waals surface area (Å²) in [6, 6.07) is 5.93. The molecule has 10 heteroatoms. The molecule has 0 saturated heterocycles. The third-order valence-electron chi connectivity index (χ3n) is 3.95. The van der Waals surface area contributed by atoms with Crippen molar-refractivity contribution in [2.75, 3.05) is 13.7 Å². The first-order chi connectivity index (χ1) is 12.6. The third kappa shape index (κ3) is 3.34. The lowest BCUT2D eigenvalue weighted by Gasteiger charge is -2.34. The molecule has 0 aliphatic heterocycles. The quantitative estimate of drug-likeness (QED) is 0.620. The minimum Gasteiger partial charge on any atom is -0.467 e. The number of para-hydroxylation sites is 1. The number of hydrogen-bond acceptors (Lipinski definition) is 5. The van der Waals surface area contributed by atoms with Crippen molar-refractivity contribution in [3.8, 4) is 0 Å². The summed E-state index contributed by atoms with van der Waals surface area (Å²) < 4.78 is 51.4. The molecule has 2 rings (SSSR count). The number of esters is 2. The predicted octanol–water partition coefficient (Wildman–Crippen LogP) is 2.09. The molecule has 1 amide bonds. The second kappa shape index (κ2) is 7.29. The zero-order valence-corrected chi connectivity index (χ0v) is 14.7. The van der Waals surface area contributed by atoms with E-state index in [-0.39, 0.29) is 17.7 Å². The van der Waals surface area contributed by atoms with E-state index in [2.05, 4.69) is 14.5 Å². The van der Waals surface area contributed by atoms with Crippen molar-refractivity contribution < 1.29 is 37.0 Å². The van der Waals surface area contributed by atoms with E-state index in [0.717, 1.165) is 7.11 Å². The van der Waals surface area contributed by atoms with E-state index in [1.807, 2.05) is 0 Å². The van der Waals surface area contributed by atoms with Crippen LogP contribution in [0.4, 0.5) is 13.2 Å². The molecular formula is C17H17F3N2O5. The maximum atomic E-state index is 14.2. The summed E-state index contributed by atoms with van der Waals surface area (Å²) in [4.78, 5) is 38.8. The summed E-state index contributed by atoms with van der Waals surface area (Å²) >= 11 is 0. The summed E-state index contributed by atoms with van der Waals surface area (Å²) in [5, 5.41) is 1.55. The second-order valence-electron chi connectivity index (χ2n) is 5.58. The first kappa shape index (κ1) is 20.3. The number of aromatic nitrogens is 1. The van der Waals surface area contributed by atoms with Crippen molar-refractivity contribution in [3.05, 3.63) is 35.5 Å². The molecule has 1 unspecified atom stereocenters. The number of halogens is 3. The summed E-state index contributed by atoms with van der Waals surface area (Å²) in [6.45, 7) is 2.47. The Labute approximate surface area is 151 Å². The average Bonchev–Trinajstić information content (AvgIpc) is 2.94. The Balaban J connectivity index is 2.79. The molecule has 0 spiro atoms. The molecule has 0 bridgehead atoms. The SMILES string of the molecule is CCOC(=O)C(=O)NC(C(=O)OC)(c1c(C)[nH]c2ccccc12)C(F)(F)F. The van der Waals surface area contributed by atoms with E-state index < -0.39 is 35.1 Å². The molecule has 1 heterocycles. The van der Waals surface area contributed by atoms with E-state index in [1.54, 1.807) is 6.07 Å². The normalized spacial score (nSPS) is 13.7. The van der Waals surface area contributed by atoms with Crippen LogP contribution in [-0.4, -0.2) is 42.7 Å². The van der Waals surface area contributed by atoms with E-state index in [1.165, 1.54) is 37.4 Å². The van der Waals surface area contributed by atoms with Crippen molar-refractivity contribution >= 4 is 28.7 Å². The fourth-order valence-electron chi connectivity index (χ4n) is 2.87. The Hall–Kier alpha value is -3.04. The van der Waals surface area contributed by atoms with Crippen LogP contribution in [0, 0.1) is 6.92 Å². The van der Waals surface area contributed by atoms with Gasteiger partial charge in [-0.3, -0.25) is 4.79 Å². The van der Waals surface area contributed by atoms with E-state index in [9.17, 15) is 27.6 Å². The van der Waals surface area contributed by atoms with Crippen molar-refractivity contribution in [3.63, 3.8) is 0 Å². The lowest BCUT2D eigenvalue weighted by atomic mass is 9.86. The van der Waals surface area contributed by atoms with Gasteiger partial charge in [-0.25, -0.2) is 9.59 Å². The van der Waals surface area contributed by atoms with Gasteiger partial charge in [0.1, 0.15) is 0 Å². The van der Waals surface area contributed by atoms with E-state index >= 15 is 0 Å². The van der Waals surface area contributed by atoms with Gasteiger partial charge >= 0.3 is 24.0 Å². The fraction of sp³-hybridized carbons (Fsp3) is 0.353. The summed E-state index contributed by atoms with van der Waals surface area (Å²) in [6.07, 6.45) is -5.32. The summed E-state index contributed by atoms with van der Waals surface area (Å²) in [5.41, 5.74) is -3.87. The summed E-state index contributed by atoms with van der Waals surface area (Å²) in [7, 11) is 0.753. The minimum absolute atomic E-state index is 0.0249. The van der Waals surface area contributed by atoms with Gasteiger partial charge in [-0.15, -0.1) is 0 Å². The van der Waals surface area contributed by atoms with Crippen LogP contribution in [0.5, 0.6) is 0 Å². The largest absolute Gasteiger partial charge is 0.467 e. The van der Waals surface area contributed by atoms with Crippen LogP contribution in [0.3, 0.4) is 0 Å². The number of rotatable bonds is 4. The fourth-order valence-corrected chi connectivity index (χ4v) is 2.87. The smallest absolute Gasteiger partial charge is 0.426 e. The number of fused-ring (bicyclic) bond motifs is 1. The first-order valence-corrected chi connectivity index (χ1v) is 7.82. The number of aromatic amines is 1. The molecule has 1 aromatic heterocycles. The molecule has 7 nitrogen and oxygen atoms in total. The van der Waals surface area contributed by atoms with Crippen molar-refractivity contribution in [1.82, 2.24) is 10.3 Å². The molecule has 0 aliphatic rings. The lowest BCUT2D eigenvalue weighted by molar-refractivity contribution is -0.216. The van der Waals surface area contributed by atoms with Gasteiger partial charge in [0.05, 0.1) is 13.7 Å². The Morgan fingerprint density at radius 1 is 1.19 bits per heavy atom. The third-order valence-corrected chi connectivity index (χ3v) is 3.95.